The van der Waals surface area contributed by atoms with Crippen LogP contribution >= 0.6 is 11.8 Å². The number of nitrogens with zero attached hydrogens (tertiary/aromatic N) is 5. The van der Waals surface area contributed by atoms with Gasteiger partial charge in [0.2, 0.25) is 11.4 Å². The summed E-state index contributed by atoms with van der Waals surface area (Å²) in [6, 6.07) is 19.4. The van der Waals surface area contributed by atoms with E-state index in [1.165, 1.54) is 23.9 Å². The smallest absolute Gasteiger partial charge is 0.273 e. The molecule has 48 heavy (non-hydrogen) atoms. The van der Waals surface area contributed by atoms with Gasteiger partial charge in [-0.25, -0.2) is 0 Å². The fourth-order valence-electron chi connectivity index (χ4n) is 5.75. The molecule has 0 saturated heterocycles. The molecule has 0 radical (unpaired) electrons. The van der Waals surface area contributed by atoms with E-state index in [1.54, 1.807) is 31.2 Å². The molecular formula is C34H29N6O7S+. The van der Waals surface area contributed by atoms with E-state index in [4.69, 9.17) is 0 Å². The Kier molecular flexibility index (Phi) is 8.74. The molecule has 3 amide bonds. The third-order valence-corrected chi connectivity index (χ3v) is 9.49. The van der Waals surface area contributed by atoms with Gasteiger partial charge in [-0.05, 0) is 30.7 Å². The van der Waals surface area contributed by atoms with Gasteiger partial charge in [0.25, 0.3) is 23.2 Å². The molecule has 0 bridgehead atoms. The summed E-state index contributed by atoms with van der Waals surface area (Å²) in [5.41, 5.74) is 3.49. The third-order valence-electron chi connectivity index (χ3n) is 8.34. The van der Waals surface area contributed by atoms with Crippen LogP contribution in [0, 0.1) is 20.2 Å². The first-order valence-electron chi connectivity index (χ1n) is 14.9. The van der Waals surface area contributed by atoms with E-state index in [-0.39, 0.29) is 30.0 Å². The van der Waals surface area contributed by atoms with Gasteiger partial charge in [-0.3, -0.25) is 39.5 Å². The first-order valence-corrected chi connectivity index (χ1v) is 15.7. The van der Waals surface area contributed by atoms with Gasteiger partial charge in [0, 0.05) is 78.6 Å². The van der Waals surface area contributed by atoms with E-state index in [9.17, 15) is 34.6 Å². The van der Waals surface area contributed by atoms with Crippen molar-refractivity contribution in [1.29, 1.82) is 0 Å². The van der Waals surface area contributed by atoms with E-state index in [1.807, 2.05) is 59.1 Å². The summed E-state index contributed by atoms with van der Waals surface area (Å²) in [5.74, 6) is -2.22. The summed E-state index contributed by atoms with van der Waals surface area (Å²) in [4.78, 5) is 62.7. The molecule has 2 aliphatic heterocycles. The Bertz CT molecular complexity index is 2080. The van der Waals surface area contributed by atoms with Crippen molar-refractivity contribution in [3.05, 3.63) is 127 Å². The number of hydrogen-bond donors (Lipinski definition) is 1. The zero-order chi connectivity index (χ0) is 34.1. The Morgan fingerprint density at radius 2 is 1.75 bits per heavy atom. The molecule has 14 heteroatoms. The zero-order valence-electron chi connectivity index (χ0n) is 25.9. The van der Waals surface area contributed by atoms with Crippen LogP contribution in [0.1, 0.15) is 29.5 Å². The first kappa shape index (κ1) is 32.1. The van der Waals surface area contributed by atoms with Crippen molar-refractivity contribution in [2.45, 2.75) is 24.3 Å². The molecule has 13 nitrogen and oxygen atoms in total. The maximum atomic E-state index is 12.9. The number of thioether (sulfide) groups is 1. The number of fused-ring (bicyclic) bond motifs is 2. The van der Waals surface area contributed by atoms with Gasteiger partial charge < -0.3 is 10.2 Å². The Balaban J connectivity index is 1.21. The number of anilines is 1. The number of nitro groups is 2. The van der Waals surface area contributed by atoms with Crippen LogP contribution in [-0.4, -0.2) is 52.6 Å². The van der Waals surface area contributed by atoms with Gasteiger partial charge >= 0.3 is 0 Å². The number of imide groups is 1. The summed E-state index contributed by atoms with van der Waals surface area (Å²) < 4.78 is 1.99. The number of amides is 3. The van der Waals surface area contributed by atoms with Crippen molar-refractivity contribution in [3.63, 3.8) is 0 Å². The van der Waals surface area contributed by atoms with Crippen molar-refractivity contribution >= 4 is 63.5 Å². The number of hydrogen-bond acceptors (Lipinski definition) is 9. The molecule has 1 aromatic heterocycles. The van der Waals surface area contributed by atoms with Crippen molar-refractivity contribution in [3.8, 4) is 0 Å². The number of carbonyl (C=O) groups is 3. The maximum Gasteiger partial charge on any atom is 0.273 e. The predicted molar refractivity (Wildman–Crippen MR) is 179 cm³/mol. The van der Waals surface area contributed by atoms with E-state index < -0.39 is 33.5 Å². The van der Waals surface area contributed by atoms with Crippen LogP contribution in [0.15, 0.2) is 95.0 Å². The van der Waals surface area contributed by atoms with Crippen molar-refractivity contribution < 1.29 is 28.8 Å². The molecule has 0 spiro atoms. The van der Waals surface area contributed by atoms with Crippen molar-refractivity contribution in [1.82, 2.24) is 10.2 Å². The molecule has 1 unspecified atom stereocenters. The second-order valence-electron chi connectivity index (χ2n) is 11.3. The molecule has 4 aromatic rings. The molecule has 1 atom stereocenters. The number of non-ortho nitro benzene ring substituents is 1. The van der Waals surface area contributed by atoms with Crippen LogP contribution < -0.4 is 14.8 Å². The topological polar surface area (TPSA) is 160 Å². The SMILES string of the molecule is CC(C(=O)NCCN1C(=O)C=CC1=O)c1ccc(C[n+]2ccc(/C=C3\Sc4cc([N+](=O)[O-])ccc4N3C)c3ccccc32)cc1[N+](=O)[O-]. The number of benzene rings is 3. The van der Waals surface area contributed by atoms with Gasteiger partial charge in [0.15, 0.2) is 12.7 Å². The van der Waals surface area contributed by atoms with E-state index in [2.05, 4.69) is 5.32 Å². The normalized spacial score (nSPS) is 15.3. The largest absolute Gasteiger partial charge is 0.354 e. The predicted octanol–water partition coefficient (Wildman–Crippen LogP) is 4.68. The van der Waals surface area contributed by atoms with Gasteiger partial charge in [-0.2, -0.15) is 4.57 Å². The minimum absolute atomic E-state index is 0.000786. The average Bonchev–Trinajstić information content (AvgIpc) is 3.57. The Labute approximate surface area is 278 Å². The van der Waals surface area contributed by atoms with Crippen LogP contribution in [0.25, 0.3) is 17.0 Å². The fourth-order valence-corrected chi connectivity index (χ4v) is 6.89. The maximum absolute atomic E-state index is 12.9. The van der Waals surface area contributed by atoms with Crippen molar-refractivity contribution in [2.75, 3.05) is 25.0 Å². The molecule has 6 rings (SSSR count). The van der Waals surface area contributed by atoms with Crippen molar-refractivity contribution in [2.24, 2.45) is 0 Å². The summed E-state index contributed by atoms with van der Waals surface area (Å²) >= 11 is 1.46. The third kappa shape index (κ3) is 6.25. The molecular weight excluding hydrogens is 636 g/mol. The van der Waals surface area contributed by atoms with Crippen LogP contribution in [0.4, 0.5) is 17.1 Å². The molecule has 3 heterocycles. The van der Waals surface area contributed by atoms with Gasteiger partial charge in [-0.15, -0.1) is 0 Å². The summed E-state index contributed by atoms with van der Waals surface area (Å²) in [5, 5.41) is 27.9. The molecule has 1 N–H and O–H groups in total. The lowest BCUT2D eigenvalue weighted by Crippen LogP contribution is -2.39. The van der Waals surface area contributed by atoms with Gasteiger partial charge in [0.1, 0.15) is 0 Å². The quantitative estimate of drug-likeness (QED) is 0.110. The molecule has 0 aliphatic carbocycles. The molecule has 242 valence electrons. The van der Waals surface area contributed by atoms with E-state index in [0.717, 1.165) is 49.1 Å². The molecule has 0 fully saturated rings. The highest BCUT2D eigenvalue weighted by Gasteiger charge is 2.28. The Morgan fingerprint density at radius 1 is 1.00 bits per heavy atom. The minimum Gasteiger partial charge on any atom is -0.354 e. The standard InChI is InChI=1S/C34H28N6O7S/c1-21(34(43)35-14-16-38-31(41)11-12-32(38)42)25-9-7-22(17-29(25)40(46)47)20-37-15-13-23(26-5-3-4-6-27(26)37)18-33-36(2)28-10-8-24(39(44)45)19-30(28)48-33/h3-13,15,17-19,21H,14,16,20H2,1-2H3/p+1. The molecule has 3 aromatic carbocycles. The lowest BCUT2D eigenvalue weighted by Gasteiger charge is -2.16. The minimum atomic E-state index is -0.854. The van der Waals surface area contributed by atoms with Gasteiger partial charge in [-0.1, -0.05) is 36.0 Å². The second-order valence-corrected chi connectivity index (χ2v) is 12.4. The molecule has 2 aliphatic rings. The lowest BCUT2D eigenvalue weighted by atomic mass is 9.96. The number of para-hydroxylation sites is 1. The highest BCUT2D eigenvalue weighted by atomic mass is 32.2. The first-order chi connectivity index (χ1) is 23.0. The summed E-state index contributed by atoms with van der Waals surface area (Å²) in [6.45, 7) is 1.92. The number of aromatic nitrogens is 1. The van der Waals surface area contributed by atoms with E-state index in [0.29, 0.717) is 12.1 Å². The number of pyridine rings is 1. The van der Waals surface area contributed by atoms with Crippen LogP contribution in [0.2, 0.25) is 0 Å². The highest BCUT2D eigenvalue weighted by Crippen LogP contribution is 2.47. The summed E-state index contributed by atoms with van der Waals surface area (Å²) in [7, 11) is 1.92. The fraction of sp³-hybridized carbons (Fsp3) is 0.176. The second kappa shape index (κ2) is 13.1. The molecule has 0 saturated carbocycles. The average molecular weight is 666 g/mol. The monoisotopic (exact) mass is 665 g/mol. The number of nitrogens with one attached hydrogen (secondary N) is 1. The Hall–Kier alpha value is -5.89. The number of carbonyl (C=O) groups excluding carboxylic acids is 3. The number of rotatable bonds is 10. The summed E-state index contributed by atoms with van der Waals surface area (Å²) in [6.07, 6.45) is 6.27. The van der Waals surface area contributed by atoms with Crippen LogP contribution in [0.5, 0.6) is 0 Å². The Morgan fingerprint density at radius 3 is 2.48 bits per heavy atom. The highest BCUT2D eigenvalue weighted by molar-refractivity contribution is 8.03. The van der Waals surface area contributed by atoms with Crippen LogP contribution in [-0.2, 0) is 20.9 Å². The van der Waals surface area contributed by atoms with E-state index >= 15 is 0 Å². The lowest BCUT2D eigenvalue weighted by molar-refractivity contribution is -0.662. The van der Waals surface area contributed by atoms with Gasteiger partial charge in [0.05, 0.1) is 31.9 Å². The van der Waals surface area contributed by atoms with Crippen LogP contribution in [0.3, 0.4) is 0 Å². The number of nitro benzene ring substituents is 2. The zero-order valence-corrected chi connectivity index (χ0v) is 26.7.